The van der Waals surface area contributed by atoms with Gasteiger partial charge in [0.1, 0.15) is 10.9 Å². The van der Waals surface area contributed by atoms with Gasteiger partial charge in [0.25, 0.3) is 15.9 Å². The fourth-order valence-corrected chi connectivity index (χ4v) is 6.67. The Hall–Kier alpha value is -3.40. The van der Waals surface area contributed by atoms with E-state index < -0.39 is 27.9 Å². The molecule has 0 saturated carbocycles. The third-order valence-corrected chi connectivity index (χ3v) is 9.08. The van der Waals surface area contributed by atoms with Crippen molar-refractivity contribution in [1.29, 1.82) is 0 Å². The molecule has 1 aliphatic heterocycles. The minimum absolute atomic E-state index is 0.0629. The lowest BCUT2D eigenvalue weighted by Crippen LogP contribution is -2.52. The first-order valence-corrected chi connectivity index (χ1v) is 14.9. The minimum Gasteiger partial charge on any atom is -0.352 e. The molecule has 0 aromatic heterocycles. The fraction of sp³-hybridized carbons (Fsp3) is 0.276. The highest BCUT2D eigenvalue weighted by atomic mass is 35.5. The maximum atomic E-state index is 13.9. The van der Waals surface area contributed by atoms with Crippen LogP contribution in [-0.2, 0) is 32.6 Å². The summed E-state index contributed by atoms with van der Waals surface area (Å²) >= 11 is 12.9. The molecule has 0 unspecified atom stereocenters. The largest absolute Gasteiger partial charge is 0.352 e. The first-order chi connectivity index (χ1) is 19.0. The number of hydrogen-bond acceptors (Lipinski definition) is 5. The third kappa shape index (κ3) is 6.32. The predicted molar refractivity (Wildman–Crippen MR) is 154 cm³/mol. The normalized spacial score (nSPS) is 14.6. The Morgan fingerprint density at radius 1 is 0.925 bits per heavy atom. The van der Waals surface area contributed by atoms with Gasteiger partial charge in [-0.05, 0) is 43.7 Å². The molecule has 210 valence electrons. The van der Waals surface area contributed by atoms with Crippen molar-refractivity contribution in [3.05, 3.63) is 99.5 Å². The Kier molecular flexibility index (Phi) is 9.18. The van der Waals surface area contributed by atoms with Crippen molar-refractivity contribution in [1.82, 2.24) is 14.5 Å². The lowest BCUT2D eigenvalue weighted by atomic mass is 10.0. The van der Waals surface area contributed by atoms with Crippen LogP contribution in [0.15, 0.2) is 77.7 Å². The first-order valence-electron chi connectivity index (χ1n) is 12.7. The lowest BCUT2D eigenvalue weighted by molar-refractivity contribution is -0.141. The Morgan fingerprint density at radius 2 is 1.55 bits per heavy atom. The van der Waals surface area contributed by atoms with Crippen molar-refractivity contribution in [3.8, 4) is 0 Å². The number of rotatable bonds is 10. The van der Waals surface area contributed by atoms with Gasteiger partial charge in [0.05, 0.1) is 5.56 Å². The third-order valence-electron chi connectivity index (χ3n) is 6.53. The van der Waals surface area contributed by atoms with Crippen LogP contribution in [0.3, 0.4) is 0 Å². The molecule has 0 spiro atoms. The van der Waals surface area contributed by atoms with Crippen molar-refractivity contribution >= 4 is 50.9 Å². The van der Waals surface area contributed by atoms with Crippen molar-refractivity contribution in [2.75, 3.05) is 6.54 Å². The second kappa shape index (κ2) is 12.4. The molecule has 8 nitrogen and oxygen atoms in total. The van der Waals surface area contributed by atoms with Crippen LogP contribution in [0.2, 0.25) is 10.0 Å². The van der Waals surface area contributed by atoms with Gasteiger partial charge in [-0.15, -0.1) is 0 Å². The second-order valence-electron chi connectivity index (χ2n) is 9.72. The minimum atomic E-state index is -4.10. The number of carbonyl (C=O) groups is 3. The molecule has 1 heterocycles. The number of carbonyl (C=O) groups excluding carboxylic acids is 3. The molecule has 0 bridgehead atoms. The van der Waals surface area contributed by atoms with Gasteiger partial charge >= 0.3 is 0 Å². The van der Waals surface area contributed by atoms with Crippen molar-refractivity contribution in [2.24, 2.45) is 0 Å². The summed E-state index contributed by atoms with van der Waals surface area (Å²) in [6, 6.07) is 18.9. The van der Waals surface area contributed by atoms with E-state index in [9.17, 15) is 22.8 Å². The van der Waals surface area contributed by atoms with E-state index in [-0.39, 0.29) is 48.3 Å². The van der Waals surface area contributed by atoms with Crippen LogP contribution in [0.4, 0.5) is 0 Å². The van der Waals surface area contributed by atoms with E-state index in [0.29, 0.717) is 19.9 Å². The van der Waals surface area contributed by atoms with E-state index in [1.807, 2.05) is 44.2 Å². The van der Waals surface area contributed by atoms with Gasteiger partial charge < -0.3 is 10.2 Å². The van der Waals surface area contributed by atoms with Crippen LogP contribution in [-0.4, -0.2) is 54.0 Å². The zero-order valence-electron chi connectivity index (χ0n) is 22.0. The van der Waals surface area contributed by atoms with Crippen LogP contribution in [0.25, 0.3) is 0 Å². The average Bonchev–Trinajstić information content (AvgIpc) is 3.11. The Morgan fingerprint density at radius 3 is 2.17 bits per heavy atom. The van der Waals surface area contributed by atoms with Crippen LogP contribution in [0.1, 0.15) is 41.8 Å². The number of hydrogen-bond donors (Lipinski definition) is 1. The van der Waals surface area contributed by atoms with Gasteiger partial charge in [-0.3, -0.25) is 14.4 Å². The molecular formula is C29H29Cl2N3O5S. The molecule has 11 heteroatoms. The van der Waals surface area contributed by atoms with Crippen molar-refractivity contribution in [3.63, 3.8) is 0 Å². The summed E-state index contributed by atoms with van der Waals surface area (Å²) in [5.74, 6) is -1.61. The summed E-state index contributed by atoms with van der Waals surface area (Å²) in [5, 5.41) is 3.52. The van der Waals surface area contributed by atoms with E-state index in [1.54, 1.807) is 24.3 Å². The van der Waals surface area contributed by atoms with Crippen molar-refractivity contribution < 1.29 is 22.8 Å². The van der Waals surface area contributed by atoms with Gasteiger partial charge in [-0.25, -0.2) is 12.7 Å². The molecule has 0 aliphatic carbocycles. The number of amides is 3. The SMILES string of the molecule is CC(C)NC(=O)[C@@H](Cc1ccccc1)N(Cc1c(Cl)cccc1Cl)C(=O)CCN1C(=O)c2ccccc2S1(=O)=O. The molecule has 1 atom stereocenters. The summed E-state index contributed by atoms with van der Waals surface area (Å²) in [5.41, 5.74) is 1.34. The summed E-state index contributed by atoms with van der Waals surface area (Å²) in [7, 11) is -4.10. The monoisotopic (exact) mass is 601 g/mol. The van der Waals surface area contributed by atoms with Gasteiger partial charge in [-0.2, -0.15) is 0 Å². The maximum absolute atomic E-state index is 13.9. The van der Waals surface area contributed by atoms with E-state index in [2.05, 4.69) is 5.32 Å². The number of nitrogens with one attached hydrogen (secondary N) is 1. The summed E-state index contributed by atoms with van der Waals surface area (Å²) in [6.45, 7) is 3.15. The number of sulfonamides is 1. The molecule has 0 radical (unpaired) electrons. The molecule has 4 rings (SSSR count). The number of benzene rings is 3. The zero-order valence-corrected chi connectivity index (χ0v) is 24.3. The number of halogens is 2. The summed E-state index contributed by atoms with van der Waals surface area (Å²) in [4.78, 5) is 41.5. The molecule has 40 heavy (non-hydrogen) atoms. The zero-order chi connectivity index (χ0) is 29.0. The highest BCUT2D eigenvalue weighted by Crippen LogP contribution is 2.31. The van der Waals surface area contributed by atoms with Gasteiger partial charge in [0.2, 0.25) is 11.8 Å². The Balaban J connectivity index is 1.67. The molecular weight excluding hydrogens is 573 g/mol. The predicted octanol–water partition coefficient (Wildman–Crippen LogP) is 4.69. The average molecular weight is 603 g/mol. The standard InChI is InChI=1S/C29H29Cl2N3O5S/c1-19(2)32-28(36)25(17-20-9-4-3-5-10-20)33(18-22-23(30)12-8-13-24(22)31)27(35)15-16-34-29(37)21-11-6-7-14-26(21)40(34,38)39/h3-14,19,25H,15-18H2,1-2H3,(H,32,36)/t25-/m1/s1. The van der Waals surface area contributed by atoms with Gasteiger partial charge in [0, 0.05) is 47.6 Å². The fourth-order valence-electron chi connectivity index (χ4n) is 4.58. The maximum Gasteiger partial charge on any atom is 0.269 e. The topological polar surface area (TPSA) is 104 Å². The van der Waals surface area contributed by atoms with E-state index in [1.165, 1.54) is 23.1 Å². The number of nitrogens with zero attached hydrogens (tertiary/aromatic N) is 2. The lowest BCUT2D eigenvalue weighted by Gasteiger charge is -2.33. The highest BCUT2D eigenvalue weighted by Gasteiger charge is 2.41. The van der Waals surface area contributed by atoms with Gasteiger partial charge in [-0.1, -0.05) is 71.7 Å². The first kappa shape index (κ1) is 29.6. The van der Waals surface area contributed by atoms with Crippen LogP contribution >= 0.6 is 23.2 Å². The number of fused-ring (bicyclic) bond motifs is 1. The van der Waals surface area contributed by atoms with E-state index in [4.69, 9.17) is 23.2 Å². The van der Waals surface area contributed by atoms with Gasteiger partial charge in [0.15, 0.2) is 0 Å². The second-order valence-corrected chi connectivity index (χ2v) is 12.4. The smallest absolute Gasteiger partial charge is 0.269 e. The van der Waals surface area contributed by atoms with Crippen LogP contribution in [0, 0.1) is 0 Å². The summed E-state index contributed by atoms with van der Waals surface area (Å²) < 4.78 is 26.8. The van der Waals surface area contributed by atoms with Crippen LogP contribution < -0.4 is 5.32 Å². The summed E-state index contributed by atoms with van der Waals surface area (Å²) in [6.07, 6.45) is -0.152. The van der Waals surface area contributed by atoms with E-state index in [0.717, 1.165) is 5.56 Å². The highest BCUT2D eigenvalue weighted by molar-refractivity contribution is 7.90. The Bertz CT molecular complexity index is 1510. The molecule has 1 N–H and O–H groups in total. The molecule has 3 aromatic carbocycles. The Labute approximate surface area is 243 Å². The molecule has 3 amide bonds. The molecule has 0 saturated heterocycles. The quantitative estimate of drug-likeness (QED) is 0.363. The molecule has 1 aliphatic rings. The van der Waals surface area contributed by atoms with E-state index >= 15 is 0 Å². The molecule has 3 aromatic rings. The molecule has 0 fully saturated rings. The van der Waals surface area contributed by atoms with Crippen molar-refractivity contribution in [2.45, 2.75) is 50.2 Å². The van der Waals surface area contributed by atoms with Crippen LogP contribution in [0.5, 0.6) is 0 Å².